The number of amides is 1. The van der Waals surface area contributed by atoms with E-state index in [0.717, 1.165) is 10.9 Å². The normalized spacial score (nSPS) is 21.5. The molecule has 6 nitrogen and oxygen atoms in total. The molecule has 2 unspecified atom stereocenters. The number of aryl methyl sites for hydroxylation is 1. The van der Waals surface area contributed by atoms with Gasteiger partial charge in [0.1, 0.15) is 5.75 Å². The fourth-order valence-corrected chi connectivity index (χ4v) is 4.44. The number of sulfone groups is 1. The zero-order valence-electron chi connectivity index (χ0n) is 14.6. The van der Waals surface area contributed by atoms with Gasteiger partial charge in [-0.2, -0.15) is 0 Å². The number of ether oxygens (including phenoxy) is 1. The van der Waals surface area contributed by atoms with Gasteiger partial charge in [-0.1, -0.05) is 18.2 Å². The molecule has 25 heavy (non-hydrogen) atoms. The summed E-state index contributed by atoms with van der Waals surface area (Å²) < 4.78 is 31.0. The molecule has 1 aromatic heterocycles. The molecular formula is C18H22N2O4S. The highest BCUT2D eigenvalue weighted by Gasteiger charge is 2.30. The average molecular weight is 362 g/mol. The first kappa shape index (κ1) is 17.8. The van der Waals surface area contributed by atoms with Gasteiger partial charge in [0.25, 0.3) is 0 Å². The Labute approximate surface area is 147 Å². The fourth-order valence-electron chi connectivity index (χ4n) is 3.19. The van der Waals surface area contributed by atoms with Crippen LogP contribution in [-0.2, 0) is 19.4 Å². The van der Waals surface area contributed by atoms with Crippen molar-refractivity contribution >= 4 is 26.6 Å². The van der Waals surface area contributed by atoms with Gasteiger partial charge in [0.2, 0.25) is 15.7 Å². The molecule has 134 valence electrons. The first-order valence-corrected chi connectivity index (χ1v) is 9.94. The SMILES string of the molecule is Cc1cc(S(=O)(=O)CC(=O)N2CC(C)OC(C)C2)nc2ccccc12. The number of fused-ring (bicyclic) bond motifs is 1. The van der Waals surface area contributed by atoms with E-state index in [1.54, 1.807) is 11.0 Å². The van der Waals surface area contributed by atoms with E-state index in [1.165, 1.54) is 6.07 Å². The Morgan fingerprint density at radius 3 is 2.56 bits per heavy atom. The number of carbonyl (C=O) groups excluding carboxylic acids is 1. The third-order valence-electron chi connectivity index (χ3n) is 4.30. The third-order valence-corrected chi connectivity index (χ3v) is 5.78. The Morgan fingerprint density at radius 2 is 1.88 bits per heavy atom. The molecule has 0 bridgehead atoms. The molecule has 0 radical (unpaired) electrons. The second-order valence-corrected chi connectivity index (χ2v) is 8.55. The fraction of sp³-hybridized carbons (Fsp3) is 0.444. The van der Waals surface area contributed by atoms with Crippen molar-refractivity contribution in [2.24, 2.45) is 0 Å². The molecule has 2 atom stereocenters. The number of morpholine rings is 1. The van der Waals surface area contributed by atoms with Gasteiger partial charge in [0.05, 0.1) is 17.7 Å². The van der Waals surface area contributed by atoms with Crippen molar-refractivity contribution in [2.45, 2.75) is 38.0 Å². The maximum absolute atomic E-state index is 12.7. The molecule has 1 aromatic carbocycles. The second kappa shape index (κ2) is 6.72. The number of hydrogen-bond acceptors (Lipinski definition) is 5. The van der Waals surface area contributed by atoms with Gasteiger partial charge in [0.15, 0.2) is 5.03 Å². The largest absolute Gasteiger partial charge is 0.372 e. The molecule has 0 N–H and O–H groups in total. The number of carbonyl (C=O) groups is 1. The van der Waals surface area contributed by atoms with E-state index >= 15 is 0 Å². The molecule has 3 rings (SSSR count). The number of para-hydroxylation sites is 1. The van der Waals surface area contributed by atoms with Gasteiger partial charge >= 0.3 is 0 Å². The van der Waals surface area contributed by atoms with E-state index in [4.69, 9.17) is 4.74 Å². The highest BCUT2D eigenvalue weighted by Crippen LogP contribution is 2.21. The summed E-state index contributed by atoms with van der Waals surface area (Å²) in [5.41, 5.74) is 1.44. The van der Waals surface area contributed by atoms with Crippen molar-refractivity contribution in [1.82, 2.24) is 9.88 Å². The van der Waals surface area contributed by atoms with Crippen LogP contribution in [0.25, 0.3) is 10.9 Å². The summed E-state index contributed by atoms with van der Waals surface area (Å²) in [5.74, 6) is -0.980. The molecule has 0 spiro atoms. The monoisotopic (exact) mass is 362 g/mol. The van der Waals surface area contributed by atoms with Crippen LogP contribution < -0.4 is 0 Å². The Bertz CT molecular complexity index is 900. The maximum atomic E-state index is 12.7. The minimum absolute atomic E-state index is 0.0496. The van der Waals surface area contributed by atoms with Gasteiger partial charge in [-0.05, 0) is 38.5 Å². The molecular weight excluding hydrogens is 340 g/mol. The van der Waals surface area contributed by atoms with E-state index in [9.17, 15) is 13.2 Å². The summed E-state index contributed by atoms with van der Waals surface area (Å²) in [4.78, 5) is 18.3. The molecule has 1 saturated heterocycles. The lowest BCUT2D eigenvalue weighted by Gasteiger charge is -2.35. The lowest BCUT2D eigenvalue weighted by atomic mass is 10.1. The quantitative estimate of drug-likeness (QED) is 0.834. The van der Waals surface area contributed by atoms with Crippen LogP contribution in [0.2, 0.25) is 0 Å². The van der Waals surface area contributed by atoms with Crippen LogP contribution in [0.4, 0.5) is 0 Å². The number of rotatable bonds is 3. The number of aromatic nitrogens is 1. The van der Waals surface area contributed by atoms with Gasteiger partial charge in [0, 0.05) is 18.5 Å². The number of nitrogens with zero attached hydrogens (tertiary/aromatic N) is 2. The Hall–Kier alpha value is -1.99. The minimum atomic E-state index is -3.80. The van der Waals surface area contributed by atoms with Crippen molar-refractivity contribution in [2.75, 3.05) is 18.8 Å². The van der Waals surface area contributed by atoms with Crippen molar-refractivity contribution in [3.8, 4) is 0 Å². The van der Waals surface area contributed by atoms with Gasteiger partial charge in [-0.15, -0.1) is 0 Å². The van der Waals surface area contributed by atoms with Crippen LogP contribution in [0, 0.1) is 6.92 Å². The van der Waals surface area contributed by atoms with Crippen molar-refractivity contribution in [1.29, 1.82) is 0 Å². The number of pyridine rings is 1. The average Bonchev–Trinajstić information content (AvgIpc) is 2.53. The smallest absolute Gasteiger partial charge is 0.238 e. The Balaban J connectivity index is 1.85. The molecule has 2 heterocycles. The lowest BCUT2D eigenvalue weighted by molar-refractivity contribution is -0.140. The predicted molar refractivity (Wildman–Crippen MR) is 95.1 cm³/mol. The number of benzene rings is 1. The summed E-state index contributed by atoms with van der Waals surface area (Å²) in [6, 6.07) is 8.90. The van der Waals surface area contributed by atoms with Crippen LogP contribution >= 0.6 is 0 Å². The van der Waals surface area contributed by atoms with Crippen molar-refractivity contribution in [3.63, 3.8) is 0 Å². The first-order chi connectivity index (χ1) is 11.8. The summed E-state index contributed by atoms with van der Waals surface area (Å²) in [5, 5.41) is 0.856. The Morgan fingerprint density at radius 1 is 1.24 bits per heavy atom. The molecule has 1 amide bonds. The molecule has 1 aliphatic heterocycles. The zero-order chi connectivity index (χ0) is 18.2. The van der Waals surface area contributed by atoms with Crippen LogP contribution in [0.1, 0.15) is 19.4 Å². The van der Waals surface area contributed by atoms with E-state index < -0.39 is 21.5 Å². The van der Waals surface area contributed by atoms with Crippen LogP contribution in [0.3, 0.4) is 0 Å². The number of hydrogen-bond donors (Lipinski definition) is 0. The van der Waals surface area contributed by atoms with Crippen LogP contribution in [0.5, 0.6) is 0 Å². The van der Waals surface area contributed by atoms with E-state index in [-0.39, 0.29) is 17.2 Å². The summed E-state index contributed by atoms with van der Waals surface area (Å²) >= 11 is 0. The van der Waals surface area contributed by atoms with E-state index in [0.29, 0.717) is 18.6 Å². The topological polar surface area (TPSA) is 76.6 Å². The van der Waals surface area contributed by atoms with E-state index in [1.807, 2.05) is 39.0 Å². The highest BCUT2D eigenvalue weighted by molar-refractivity contribution is 7.92. The summed E-state index contributed by atoms with van der Waals surface area (Å²) in [6.45, 7) is 6.40. The zero-order valence-corrected chi connectivity index (χ0v) is 15.4. The van der Waals surface area contributed by atoms with Gasteiger partial charge < -0.3 is 9.64 Å². The summed E-state index contributed by atoms with van der Waals surface area (Å²) in [6.07, 6.45) is -0.201. The van der Waals surface area contributed by atoms with Crippen molar-refractivity contribution in [3.05, 3.63) is 35.9 Å². The summed E-state index contributed by atoms with van der Waals surface area (Å²) in [7, 11) is -3.80. The highest BCUT2D eigenvalue weighted by atomic mass is 32.2. The molecule has 2 aromatic rings. The van der Waals surface area contributed by atoms with Crippen LogP contribution in [0.15, 0.2) is 35.4 Å². The standard InChI is InChI=1S/C18H22N2O4S/c1-12-8-17(19-16-7-5-4-6-15(12)16)25(22,23)11-18(21)20-9-13(2)24-14(3)10-20/h4-8,13-14H,9-11H2,1-3H3. The van der Waals surface area contributed by atoms with Crippen LogP contribution in [-0.4, -0.2) is 55.3 Å². The Kier molecular flexibility index (Phi) is 4.79. The molecule has 1 fully saturated rings. The first-order valence-electron chi connectivity index (χ1n) is 8.28. The molecule has 1 aliphatic rings. The molecule has 7 heteroatoms. The maximum Gasteiger partial charge on any atom is 0.238 e. The van der Waals surface area contributed by atoms with Gasteiger partial charge in [-0.25, -0.2) is 13.4 Å². The molecule has 0 aliphatic carbocycles. The lowest BCUT2D eigenvalue weighted by Crippen LogP contribution is -2.49. The van der Waals surface area contributed by atoms with Gasteiger partial charge in [-0.3, -0.25) is 4.79 Å². The third kappa shape index (κ3) is 3.82. The molecule has 0 saturated carbocycles. The minimum Gasteiger partial charge on any atom is -0.372 e. The van der Waals surface area contributed by atoms with E-state index in [2.05, 4.69) is 4.98 Å². The van der Waals surface area contributed by atoms with Crippen molar-refractivity contribution < 1.29 is 17.9 Å². The predicted octanol–water partition coefficient (Wildman–Crippen LogP) is 1.95. The second-order valence-electron chi connectivity index (χ2n) is 6.61.